The summed E-state index contributed by atoms with van der Waals surface area (Å²) in [7, 11) is 0. The van der Waals surface area contributed by atoms with Crippen molar-refractivity contribution in [2.24, 2.45) is 0 Å². The molecule has 0 fully saturated rings. The normalized spacial score (nSPS) is 12.8. The van der Waals surface area contributed by atoms with Gasteiger partial charge in [0.05, 0.1) is 6.10 Å². The number of carbonyl (C=O) groups is 1. The summed E-state index contributed by atoms with van der Waals surface area (Å²) >= 11 is 1.87. The van der Waals surface area contributed by atoms with Crippen LogP contribution in [0.4, 0.5) is 0 Å². The summed E-state index contributed by atoms with van der Waals surface area (Å²) in [6.07, 6.45) is 15.4. The van der Waals surface area contributed by atoms with Crippen LogP contribution >= 0.6 is 11.8 Å². The maximum absolute atomic E-state index is 10.3. The second-order valence-corrected chi connectivity index (χ2v) is 7.03. The van der Waals surface area contributed by atoms with Crippen molar-refractivity contribution in [3.05, 3.63) is 12.2 Å². The molecule has 0 unspecified atom stereocenters. The summed E-state index contributed by atoms with van der Waals surface area (Å²) in [6.45, 7) is 2.14. The molecule has 0 bridgehead atoms. The van der Waals surface area contributed by atoms with Crippen molar-refractivity contribution in [2.75, 3.05) is 11.5 Å². The first-order valence-electron chi connectivity index (χ1n) is 8.81. The number of rotatable bonds is 16. The second kappa shape index (κ2) is 16.9. The summed E-state index contributed by atoms with van der Waals surface area (Å²) in [5, 5.41) is 18.2. The van der Waals surface area contributed by atoms with Crippen molar-refractivity contribution in [1.29, 1.82) is 0 Å². The van der Waals surface area contributed by atoms with E-state index >= 15 is 0 Å². The Morgan fingerprint density at radius 3 is 2.45 bits per heavy atom. The number of unbranched alkanes of at least 4 members (excludes halogenated alkanes) is 6. The average Bonchev–Trinajstić information content (AvgIpc) is 2.49. The lowest BCUT2D eigenvalue weighted by atomic mass is 10.1. The number of carboxylic acid groups (broad SMARTS) is 1. The van der Waals surface area contributed by atoms with Gasteiger partial charge < -0.3 is 10.2 Å². The Balaban J connectivity index is 3.17. The Morgan fingerprint density at radius 2 is 1.73 bits per heavy atom. The third kappa shape index (κ3) is 17.6. The van der Waals surface area contributed by atoms with E-state index in [4.69, 9.17) is 5.11 Å². The summed E-state index contributed by atoms with van der Waals surface area (Å²) in [4.78, 5) is 10.3. The van der Waals surface area contributed by atoms with Crippen LogP contribution in [-0.4, -0.2) is 33.8 Å². The van der Waals surface area contributed by atoms with E-state index in [0.717, 1.165) is 43.6 Å². The molecule has 3 nitrogen and oxygen atoms in total. The molecule has 0 spiro atoms. The fraction of sp³-hybridized carbons (Fsp3) is 0.833. The molecule has 0 heterocycles. The average molecular weight is 331 g/mol. The summed E-state index contributed by atoms with van der Waals surface area (Å²) in [5.41, 5.74) is 0. The van der Waals surface area contributed by atoms with Crippen molar-refractivity contribution < 1.29 is 15.0 Å². The minimum atomic E-state index is -0.687. The smallest absolute Gasteiger partial charge is 0.303 e. The summed E-state index contributed by atoms with van der Waals surface area (Å²) in [6, 6.07) is 0. The zero-order valence-corrected chi connectivity index (χ0v) is 15.0. The van der Waals surface area contributed by atoms with Crippen LogP contribution in [0.25, 0.3) is 0 Å². The number of aliphatic carboxylic acids is 1. The van der Waals surface area contributed by atoms with Crippen LogP contribution in [0.1, 0.15) is 77.6 Å². The molecule has 0 aromatic carbocycles. The van der Waals surface area contributed by atoms with E-state index in [9.17, 15) is 9.90 Å². The van der Waals surface area contributed by atoms with Gasteiger partial charge in [-0.25, -0.2) is 0 Å². The van der Waals surface area contributed by atoms with Crippen molar-refractivity contribution >= 4 is 17.7 Å². The van der Waals surface area contributed by atoms with Crippen LogP contribution in [0.15, 0.2) is 12.2 Å². The quantitative estimate of drug-likeness (QED) is 0.308. The van der Waals surface area contributed by atoms with Gasteiger partial charge in [0.25, 0.3) is 0 Å². The molecule has 0 saturated carbocycles. The molecule has 22 heavy (non-hydrogen) atoms. The van der Waals surface area contributed by atoms with Crippen molar-refractivity contribution in [3.8, 4) is 0 Å². The first-order chi connectivity index (χ1) is 10.7. The van der Waals surface area contributed by atoms with E-state index in [1.54, 1.807) is 0 Å². The Hall–Kier alpha value is -0.480. The van der Waals surface area contributed by atoms with Gasteiger partial charge in [-0.2, -0.15) is 11.8 Å². The highest BCUT2D eigenvalue weighted by molar-refractivity contribution is 7.99. The molecule has 0 aliphatic heterocycles. The standard InChI is InChI=1S/C18H34O3S/c1-2-3-12-17(19)13-9-7-5-4-6-8-10-15-22-16-11-14-18(20)21/h9,13,17,19H,2-8,10-12,14-16H2,1H3,(H,20,21)/t17-/m1/s1. The van der Waals surface area contributed by atoms with Gasteiger partial charge >= 0.3 is 5.97 Å². The highest BCUT2D eigenvalue weighted by Gasteiger charge is 1.98. The van der Waals surface area contributed by atoms with Gasteiger partial charge in [-0.05, 0) is 43.6 Å². The van der Waals surface area contributed by atoms with Gasteiger partial charge in [0.15, 0.2) is 0 Å². The van der Waals surface area contributed by atoms with Crippen LogP contribution in [-0.2, 0) is 4.79 Å². The predicted octanol–water partition coefficient (Wildman–Crippen LogP) is 5.03. The topological polar surface area (TPSA) is 57.5 Å². The number of hydrogen-bond acceptors (Lipinski definition) is 3. The minimum Gasteiger partial charge on any atom is -0.481 e. The number of allylic oxidation sites excluding steroid dienone is 1. The molecule has 0 amide bonds. The van der Waals surface area contributed by atoms with E-state index in [0.29, 0.717) is 6.42 Å². The van der Waals surface area contributed by atoms with Gasteiger partial charge in [0.2, 0.25) is 0 Å². The zero-order valence-electron chi connectivity index (χ0n) is 14.1. The van der Waals surface area contributed by atoms with Crippen molar-refractivity contribution in [1.82, 2.24) is 0 Å². The third-order valence-electron chi connectivity index (χ3n) is 3.55. The lowest BCUT2D eigenvalue weighted by Crippen LogP contribution is -2.00. The Kier molecular flexibility index (Phi) is 16.5. The largest absolute Gasteiger partial charge is 0.481 e. The van der Waals surface area contributed by atoms with Crippen molar-refractivity contribution in [3.63, 3.8) is 0 Å². The van der Waals surface area contributed by atoms with Gasteiger partial charge in [-0.3, -0.25) is 4.79 Å². The number of aliphatic hydroxyl groups is 1. The van der Waals surface area contributed by atoms with Crippen LogP contribution in [0.3, 0.4) is 0 Å². The third-order valence-corrected chi connectivity index (χ3v) is 4.71. The van der Waals surface area contributed by atoms with Gasteiger partial charge in [-0.1, -0.05) is 51.2 Å². The molecule has 0 aromatic heterocycles. The lowest BCUT2D eigenvalue weighted by Gasteiger charge is -2.03. The fourth-order valence-corrected chi connectivity index (χ4v) is 3.15. The molecule has 0 aliphatic carbocycles. The molecule has 0 aliphatic rings. The van der Waals surface area contributed by atoms with E-state index in [2.05, 4.69) is 13.0 Å². The van der Waals surface area contributed by atoms with E-state index in [1.165, 1.54) is 32.1 Å². The highest BCUT2D eigenvalue weighted by atomic mass is 32.2. The Labute approximate surface area is 140 Å². The molecule has 0 saturated heterocycles. The first kappa shape index (κ1) is 21.5. The monoisotopic (exact) mass is 330 g/mol. The molecule has 2 N–H and O–H groups in total. The fourth-order valence-electron chi connectivity index (χ4n) is 2.19. The van der Waals surface area contributed by atoms with E-state index in [-0.39, 0.29) is 6.10 Å². The molecule has 4 heteroatoms. The lowest BCUT2D eigenvalue weighted by molar-refractivity contribution is -0.137. The van der Waals surface area contributed by atoms with E-state index in [1.807, 2.05) is 17.8 Å². The minimum absolute atomic E-state index is 0.252. The first-order valence-corrected chi connectivity index (χ1v) is 9.96. The zero-order chi connectivity index (χ0) is 16.5. The predicted molar refractivity (Wildman–Crippen MR) is 96.6 cm³/mol. The number of hydrogen-bond donors (Lipinski definition) is 2. The summed E-state index contributed by atoms with van der Waals surface area (Å²) in [5.74, 6) is 1.44. The highest BCUT2D eigenvalue weighted by Crippen LogP contribution is 2.12. The van der Waals surface area contributed by atoms with Crippen LogP contribution < -0.4 is 0 Å². The molecular weight excluding hydrogens is 296 g/mol. The molecule has 0 radical (unpaired) electrons. The molecular formula is C18H34O3S. The SMILES string of the molecule is CCCC[C@@H](O)C=CCCCCCCCSCCCC(=O)O. The van der Waals surface area contributed by atoms with Crippen molar-refractivity contribution in [2.45, 2.75) is 83.7 Å². The van der Waals surface area contributed by atoms with Crippen LogP contribution in [0.2, 0.25) is 0 Å². The maximum Gasteiger partial charge on any atom is 0.303 e. The Bertz CT molecular complexity index is 280. The van der Waals surface area contributed by atoms with Crippen LogP contribution in [0, 0.1) is 0 Å². The molecule has 1 atom stereocenters. The molecule has 0 rings (SSSR count). The van der Waals surface area contributed by atoms with Crippen LogP contribution in [0.5, 0.6) is 0 Å². The number of carboxylic acids is 1. The Morgan fingerprint density at radius 1 is 1.05 bits per heavy atom. The molecule has 130 valence electrons. The second-order valence-electron chi connectivity index (χ2n) is 5.80. The van der Waals surface area contributed by atoms with E-state index < -0.39 is 5.97 Å². The van der Waals surface area contributed by atoms with Gasteiger partial charge in [0, 0.05) is 6.42 Å². The van der Waals surface area contributed by atoms with Gasteiger partial charge in [0.1, 0.15) is 0 Å². The van der Waals surface area contributed by atoms with Gasteiger partial charge in [-0.15, -0.1) is 0 Å². The summed E-state index contributed by atoms with van der Waals surface area (Å²) < 4.78 is 0. The number of thioether (sulfide) groups is 1. The maximum atomic E-state index is 10.3. The molecule has 0 aromatic rings. The number of aliphatic hydroxyl groups excluding tert-OH is 1.